The first kappa shape index (κ1) is 16.8. The van der Waals surface area contributed by atoms with Crippen molar-refractivity contribution < 1.29 is 13.2 Å². The molecule has 2 aliphatic rings. The molecule has 1 aromatic heterocycles. The van der Waals surface area contributed by atoms with Crippen LogP contribution in [0.3, 0.4) is 0 Å². The Morgan fingerprint density at radius 1 is 1.26 bits per heavy atom. The number of aryl methyl sites for hydroxylation is 1. The van der Waals surface area contributed by atoms with Crippen LogP contribution in [0.2, 0.25) is 0 Å². The summed E-state index contributed by atoms with van der Waals surface area (Å²) in [5.41, 5.74) is 2.28. The highest BCUT2D eigenvalue weighted by Gasteiger charge is 2.35. The number of hydrogen-bond acceptors (Lipinski definition) is 5. The SMILES string of the molecule is Cc1cncc(CN2CCC[C@@H](S(=O)(=O)N3CCOCC3)C2)c1. The zero-order valence-corrected chi connectivity index (χ0v) is 14.5. The molecule has 7 heteroatoms. The van der Waals surface area contributed by atoms with Gasteiger partial charge >= 0.3 is 0 Å². The lowest BCUT2D eigenvalue weighted by atomic mass is 10.1. The second-order valence-electron chi connectivity index (χ2n) is 6.43. The molecule has 2 fully saturated rings. The van der Waals surface area contributed by atoms with Crippen LogP contribution >= 0.6 is 0 Å². The predicted octanol–water partition coefficient (Wildman–Crippen LogP) is 1.02. The summed E-state index contributed by atoms with van der Waals surface area (Å²) >= 11 is 0. The van der Waals surface area contributed by atoms with Gasteiger partial charge in [-0.2, -0.15) is 4.31 Å². The van der Waals surface area contributed by atoms with Gasteiger partial charge in [0.05, 0.1) is 18.5 Å². The molecule has 0 amide bonds. The van der Waals surface area contributed by atoms with Gasteiger partial charge in [-0.05, 0) is 37.4 Å². The maximum Gasteiger partial charge on any atom is 0.218 e. The van der Waals surface area contributed by atoms with Crippen LogP contribution in [0.25, 0.3) is 0 Å². The van der Waals surface area contributed by atoms with E-state index in [1.54, 1.807) is 4.31 Å². The Labute approximate surface area is 138 Å². The number of likely N-dealkylation sites (tertiary alicyclic amines) is 1. The van der Waals surface area contributed by atoms with Gasteiger partial charge in [0.25, 0.3) is 0 Å². The van der Waals surface area contributed by atoms with Crippen molar-refractivity contribution in [1.82, 2.24) is 14.2 Å². The van der Waals surface area contributed by atoms with Gasteiger partial charge < -0.3 is 4.74 Å². The van der Waals surface area contributed by atoms with Crippen molar-refractivity contribution in [3.05, 3.63) is 29.6 Å². The van der Waals surface area contributed by atoms with Crippen LogP contribution in [0.4, 0.5) is 0 Å². The smallest absolute Gasteiger partial charge is 0.218 e. The molecule has 0 aromatic carbocycles. The minimum absolute atomic E-state index is 0.299. The minimum atomic E-state index is -3.22. The number of morpholine rings is 1. The fourth-order valence-electron chi connectivity index (χ4n) is 3.37. The normalized spacial score (nSPS) is 24.7. The first-order valence-electron chi connectivity index (χ1n) is 8.25. The largest absolute Gasteiger partial charge is 0.379 e. The lowest BCUT2D eigenvalue weighted by Gasteiger charge is -2.36. The summed E-state index contributed by atoms with van der Waals surface area (Å²) in [6, 6.07) is 2.12. The Kier molecular flexibility index (Phi) is 5.31. The van der Waals surface area contributed by atoms with Crippen molar-refractivity contribution in [2.45, 2.75) is 31.6 Å². The van der Waals surface area contributed by atoms with Gasteiger partial charge in [-0.25, -0.2) is 8.42 Å². The molecule has 128 valence electrons. The van der Waals surface area contributed by atoms with E-state index in [4.69, 9.17) is 4.74 Å². The van der Waals surface area contributed by atoms with Crippen molar-refractivity contribution in [2.75, 3.05) is 39.4 Å². The van der Waals surface area contributed by atoms with Crippen LogP contribution in [0.15, 0.2) is 18.5 Å². The van der Waals surface area contributed by atoms with Gasteiger partial charge in [0.2, 0.25) is 10.0 Å². The summed E-state index contributed by atoms with van der Waals surface area (Å²) in [6.07, 6.45) is 5.38. The Hall–Kier alpha value is -1.02. The number of piperidine rings is 1. The molecule has 23 heavy (non-hydrogen) atoms. The highest BCUT2D eigenvalue weighted by atomic mass is 32.2. The average Bonchev–Trinajstić information content (AvgIpc) is 2.56. The van der Waals surface area contributed by atoms with Gasteiger partial charge in [0, 0.05) is 38.6 Å². The van der Waals surface area contributed by atoms with Crippen LogP contribution in [0.1, 0.15) is 24.0 Å². The second-order valence-corrected chi connectivity index (χ2v) is 8.64. The maximum absolute atomic E-state index is 12.8. The molecule has 6 nitrogen and oxygen atoms in total. The minimum Gasteiger partial charge on any atom is -0.379 e. The molecule has 1 aromatic rings. The molecule has 0 saturated carbocycles. The lowest BCUT2D eigenvalue weighted by molar-refractivity contribution is 0.0719. The van der Waals surface area contributed by atoms with E-state index in [-0.39, 0.29) is 5.25 Å². The third kappa shape index (κ3) is 4.09. The molecule has 2 aliphatic heterocycles. The first-order chi connectivity index (χ1) is 11.1. The fraction of sp³-hybridized carbons (Fsp3) is 0.688. The Balaban J connectivity index is 1.65. The molecule has 0 N–H and O–H groups in total. The standard InChI is InChI=1S/C16H25N3O3S/c1-14-9-15(11-17-10-14)12-18-4-2-3-16(13-18)23(20,21)19-5-7-22-8-6-19/h9-11,16H,2-8,12-13H2,1H3/t16-/m1/s1. The number of sulfonamides is 1. The van der Waals surface area contributed by atoms with E-state index in [1.165, 1.54) is 0 Å². The molecule has 3 heterocycles. The molecule has 0 aliphatic carbocycles. The van der Waals surface area contributed by atoms with Crippen molar-refractivity contribution in [3.8, 4) is 0 Å². The van der Waals surface area contributed by atoms with Gasteiger partial charge in [0.15, 0.2) is 0 Å². The monoisotopic (exact) mass is 339 g/mol. The van der Waals surface area contributed by atoms with E-state index in [0.29, 0.717) is 32.8 Å². The van der Waals surface area contributed by atoms with Crippen molar-refractivity contribution >= 4 is 10.0 Å². The summed E-state index contributed by atoms with van der Waals surface area (Å²) < 4.78 is 32.5. The Morgan fingerprint density at radius 2 is 2.04 bits per heavy atom. The third-order valence-electron chi connectivity index (χ3n) is 4.55. The highest BCUT2D eigenvalue weighted by Crippen LogP contribution is 2.22. The lowest BCUT2D eigenvalue weighted by Crippen LogP contribution is -2.50. The number of aromatic nitrogens is 1. The number of rotatable bonds is 4. The Morgan fingerprint density at radius 3 is 2.78 bits per heavy atom. The van der Waals surface area contributed by atoms with Crippen LogP contribution in [0.5, 0.6) is 0 Å². The molecule has 3 rings (SSSR count). The molecule has 1 atom stereocenters. The summed E-state index contributed by atoms with van der Waals surface area (Å²) in [5.74, 6) is 0. The molecule has 0 unspecified atom stereocenters. The quantitative estimate of drug-likeness (QED) is 0.819. The Bertz CT molecular complexity index is 629. The summed E-state index contributed by atoms with van der Waals surface area (Å²) in [7, 11) is -3.22. The predicted molar refractivity (Wildman–Crippen MR) is 88.6 cm³/mol. The number of hydrogen-bond donors (Lipinski definition) is 0. The van der Waals surface area contributed by atoms with E-state index in [0.717, 1.165) is 37.1 Å². The van der Waals surface area contributed by atoms with Crippen LogP contribution in [-0.2, 0) is 21.3 Å². The van der Waals surface area contributed by atoms with Crippen molar-refractivity contribution in [1.29, 1.82) is 0 Å². The van der Waals surface area contributed by atoms with E-state index in [9.17, 15) is 8.42 Å². The van der Waals surface area contributed by atoms with E-state index in [1.807, 2.05) is 19.3 Å². The van der Waals surface area contributed by atoms with Crippen LogP contribution in [-0.4, -0.2) is 67.2 Å². The number of ether oxygens (including phenoxy) is 1. The van der Waals surface area contributed by atoms with Crippen molar-refractivity contribution in [2.24, 2.45) is 0 Å². The molecular weight excluding hydrogens is 314 g/mol. The summed E-state index contributed by atoms with van der Waals surface area (Å²) in [4.78, 5) is 6.46. The third-order valence-corrected chi connectivity index (χ3v) is 6.86. The van der Waals surface area contributed by atoms with Crippen LogP contribution < -0.4 is 0 Å². The molecule has 0 bridgehead atoms. The van der Waals surface area contributed by atoms with Crippen LogP contribution in [0, 0.1) is 6.92 Å². The fourth-order valence-corrected chi connectivity index (χ4v) is 5.32. The number of pyridine rings is 1. The average molecular weight is 339 g/mol. The maximum atomic E-state index is 12.8. The zero-order chi connectivity index (χ0) is 16.3. The molecule has 0 radical (unpaired) electrons. The second kappa shape index (κ2) is 7.25. The topological polar surface area (TPSA) is 62.7 Å². The summed E-state index contributed by atoms with van der Waals surface area (Å²) in [6.45, 7) is 6.33. The first-order valence-corrected chi connectivity index (χ1v) is 9.75. The van der Waals surface area contributed by atoms with E-state index >= 15 is 0 Å². The van der Waals surface area contributed by atoms with Gasteiger partial charge in [-0.15, -0.1) is 0 Å². The molecular formula is C16H25N3O3S. The molecule has 0 spiro atoms. The summed E-state index contributed by atoms with van der Waals surface area (Å²) in [5, 5.41) is -0.299. The zero-order valence-electron chi connectivity index (χ0n) is 13.6. The van der Waals surface area contributed by atoms with Crippen molar-refractivity contribution in [3.63, 3.8) is 0 Å². The van der Waals surface area contributed by atoms with Gasteiger partial charge in [-0.3, -0.25) is 9.88 Å². The highest BCUT2D eigenvalue weighted by molar-refractivity contribution is 7.89. The molecule has 2 saturated heterocycles. The van der Waals surface area contributed by atoms with E-state index < -0.39 is 10.0 Å². The van der Waals surface area contributed by atoms with Gasteiger partial charge in [0.1, 0.15) is 0 Å². The number of nitrogens with zero attached hydrogens (tertiary/aromatic N) is 3. The van der Waals surface area contributed by atoms with E-state index in [2.05, 4.69) is 16.0 Å². The van der Waals surface area contributed by atoms with Gasteiger partial charge in [-0.1, -0.05) is 6.07 Å².